The number of unbranched alkanes of at least 4 members (excludes halogenated alkanes) is 1. The standard InChI is InChI=1S/C17H36N4S/c1-5-18-17(19-10-6-9-13-22-4)20-14-16(15(2)3)21-11-7-8-12-21/h15-16H,5-14H2,1-4H3,(H2,18,19,20). The van der Waals surface area contributed by atoms with Crippen molar-refractivity contribution in [2.45, 2.75) is 52.5 Å². The summed E-state index contributed by atoms with van der Waals surface area (Å²) in [6.45, 7) is 12.1. The van der Waals surface area contributed by atoms with Gasteiger partial charge in [-0.25, -0.2) is 0 Å². The minimum Gasteiger partial charge on any atom is -0.357 e. The molecular weight excluding hydrogens is 292 g/mol. The molecule has 1 rings (SSSR count). The zero-order valence-electron chi connectivity index (χ0n) is 15.0. The van der Waals surface area contributed by atoms with Gasteiger partial charge in [-0.3, -0.25) is 9.89 Å². The van der Waals surface area contributed by atoms with Gasteiger partial charge in [-0.2, -0.15) is 11.8 Å². The molecule has 0 spiro atoms. The van der Waals surface area contributed by atoms with Crippen LogP contribution in [0.1, 0.15) is 46.5 Å². The highest BCUT2D eigenvalue weighted by molar-refractivity contribution is 7.98. The highest BCUT2D eigenvalue weighted by atomic mass is 32.2. The Morgan fingerprint density at radius 2 is 1.91 bits per heavy atom. The Morgan fingerprint density at radius 3 is 2.50 bits per heavy atom. The molecule has 1 unspecified atom stereocenters. The Labute approximate surface area is 141 Å². The lowest BCUT2D eigenvalue weighted by atomic mass is 10.0. The first-order chi connectivity index (χ1) is 10.7. The third kappa shape index (κ3) is 7.73. The summed E-state index contributed by atoms with van der Waals surface area (Å²) < 4.78 is 0. The van der Waals surface area contributed by atoms with Gasteiger partial charge < -0.3 is 10.6 Å². The number of aliphatic imine (C=N–C) groups is 1. The predicted molar refractivity (Wildman–Crippen MR) is 101 cm³/mol. The van der Waals surface area contributed by atoms with Gasteiger partial charge in [0.2, 0.25) is 0 Å². The van der Waals surface area contributed by atoms with E-state index in [2.05, 4.69) is 42.6 Å². The Bertz CT molecular complexity index is 301. The van der Waals surface area contributed by atoms with E-state index in [1.54, 1.807) is 0 Å². The van der Waals surface area contributed by atoms with Crippen LogP contribution in [0, 0.1) is 5.92 Å². The SMILES string of the molecule is CCNC(=NCC(C(C)C)N1CCCC1)NCCCCSC. The molecule has 5 heteroatoms. The van der Waals surface area contributed by atoms with Gasteiger partial charge >= 0.3 is 0 Å². The van der Waals surface area contributed by atoms with Crippen LogP contribution >= 0.6 is 11.8 Å². The zero-order chi connectivity index (χ0) is 16.2. The molecule has 1 aliphatic heterocycles. The van der Waals surface area contributed by atoms with Crippen molar-refractivity contribution < 1.29 is 0 Å². The molecule has 0 aromatic rings. The van der Waals surface area contributed by atoms with Crippen molar-refractivity contribution in [2.75, 3.05) is 44.7 Å². The van der Waals surface area contributed by atoms with Crippen molar-refractivity contribution >= 4 is 17.7 Å². The van der Waals surface area contributed by atoms with Crippen LogP contribution in [0.3, 0.4) is 0 Å². The molecule has 2 N–H and O–H groups in total. The second-order valence-electron chi connectivity index (χ2n) is 6.40. The fourth-order valence-electron chi connectivity index (χ4n) is 2.93. The smallest absolute Gasteiger partial charge is 0.191 e. The summed E-state index contributed by atoms with van der Waals surface area (Å²) >= 11 is 1.92. The highest BCUT2D eigenvalue weighted by Gasteiger charge is 2.24. The number of nitrogens with one attached hydrogen (secondary N) is 2. The Morgan fingerprint density at radius 1 is 1.18 bits per heavy atom. The highest BCUT2D eigenvalue weighted by Crippen LogP contribution is 2.17. The summed E-state index contributed by atoms with van der Waals surface area (Å²) in [5.41, 5.74) is 0. The molecule has 130 valence electrons. The van der Waals surface area contributed by atoms with Crippen LogP contribution in [0.2, 0.25) is 0 Å². The van der Waals surface area contributed by atoms with Crippen molar-refractivity contribution in [1.29, 1.82) is 0 Å². The van der Waals surface area contributed by atoms with E-state index in [1.807, 2.05) is 11.8 Å². The maximum absolute atomic E-state index is 4.84. The quantitative estimate of drug-likeness (QED) is 0.367. The predicted octanol–water partition coefficient (Wildman–Crippen LogP) is 2.81. The topological polar surface area (TPSA) is 39.7 Å². The van der Waals surface area contributed by atoms with Gasteiger partial charge in [0.05, 0.1) is 6.54 Å². The van der Waals surface area contributed by atoms with E-state index < -0.39 is 0 Å². The first-order valence-corrected chi connectivity index (χ1v) is 10.3. The fourth-order valence-corrected chi connectivity index (χ4v) is 3.42. The lowest BCUT2D eigenvalue weighted by molar-refractivity contribution is 0.197. The Balaban J connectivity index is 2.43. The van der Waals surface area contributed by atoms with Crippen molar-refractivity contribution in [3.05, 3.63) is 0 Å². The molecule has 22 heavy (non-hydrogen) atoms. The average molecular weight is 329 g/mol. The van der Waals surface area contributed by atoms with Gasteiger partial charge in [-0.1, -0.05) is 13.8 Å². The van der Waals surface area contributed by atoms with Crippen molar-refractivity contribution in [3.8, 4) is 0 Å². The fraction of sp³-hybridized carbons (Fsp3) is 0.941. The van der Waals surface area contributed by atoms with E-state index >= 15 is 0 Å². The van der Waals surface area contributed by atoms with Crippen LogP contribution in [0.15, 0.2) is 4.99 Å². The van der Waals surface area contributed by atoms with Crippen molar-refractivity contribution in [3.63, 3.8) is 0 Å². The molecule has 0 saturated carbocycles. The lowest BCUT2D eigenvalue weighted by Crippen LogP contribution is -2.42. The van der Waals surface area contributed by atoms with E-state index in [0.717, 1.165) is 25.6 Å². The normalized spacial score (nSPS) is 18.0. The van der Waals surface area contributed by atoms with E-state index in [4.69, 9.17) is 4.99 Å². The van der Waals surface area contributed by atoms with Crippen LogP contribution in [-0.2, 0) is 0 Å². The largest absolute Gasteiger partial charge is 0.357 e. The monoisotopic (exact) mass is 328 g/mol. The lowest BCUT2D eigenvalue weighted by Gasteiger charge is -2.29. The summed E-state index contributed by atoms with van der Waals surface area (Å²) in [5, 5.41) is 6.85. The second-order valence-corrected chi connectivity index (χ2v) is 7.39. The molecular formula is C17H36N4S. The number of hydrogen-bond acceptors (Lipinski definition) is 3. The maximum atomic E-state index is 4.84. The molecule has 0 bridgehead atoms. The van der Waals surface area contributed by atoms with E-state index in [-0.39, 0.29) is 0 Å². The number of thioether (sulfide) groups is 1. The number of nitrogens with zero attached hydrogens (tertiary/aromatic N) is 2. The van der Waals surface area contributed by atoms with E-state index in [0.29, 0.717) is 12.0 Å². The molecule has 0 aromatic carbocycles. The number of guanidine groups is 1. The molecule has 0 aliphatic carbocycles. The molecule has 1 atom stereocenters. The summed E-state index contributed by atoms with van der Waals surface area (Å²) in [6.07, 6.45) is 7.35. The summed E-state index contributed by atoms with van der Waals surface area (Å²) in [5.74, 6) is 2.89. The van der Waals surface area contributed by atoms with Gasteiger partial charge in [-0.05, 0) is 63.6 Å². The first-order valence-electron chi connectivity index (χ1n) is 8.94. The Kier molecular flexibility index (Phi) is 10.8. The minimum atomic E-state index is 0.578. The molecule has 1 heterocycles. The van der Waals surface area contributed by atoms with Gasteiger partial charge in [0.1, 0.15) is 0 Å². The van der Waals surface area contributed by atoms with Gasteiger partial charge in [0, 0.05) is 19.1 Å². The summed E-state index contributed by atoms with van der Waals surface area (Å²) in [6, 6.07) is 0.578. The van der Waals surface area contributed by atoms with Gasteiger partial charge in [-0.15, -0.1) is 0 Å². The van der Waals surface area contributed by atoms with Crippen LogP contribution < -0.4 is 10.6 Å². The number of hydrogen-bond donors (Lipinski definition) is 2. The van der Waals surface area contributed by atoms with Crippen LogP contribution in [0.4, 0.5) is 0 Å². The molecule has 4 nitrogen and oxygen atoms in total. The minimum absolute atomic E-state index is 0.578. The van der Waals surface area contributed by atoms with Crippen LogP contribution in [0.5, 0.6) is 0 Å². The van der Waals surface area contributed by atoms with Gasteiger partial charge in [0.15, 0.2) is 5.96 Å². The van der Waals surface area contributed by atoms with Crippen molar-refractivity contribution in [1.82, 2.24) is 15.5 Å². The summed E-state index contributed by atoms with van der Waals surface area (Å²) in [7, 11) is 0. The van der Waals surface area contributed by atoms with E-state index in [9.17, 15) is 0 Å². The average Bonchev–Trinajstić information content (AvgIpc) is 3.00. The Hall–Kier alpha value is -0.420. The molecule has 0 radical (unpaired) electrons. The van der Waals surface area contributed by atoms with Crippen LogP contribution in [-0.4, -0.2) is 61.6 Å². The summed E-state index contributed by atoms with van der Waals surface area (Å²) in [4.78, 5) is 7.47. The zero-order valence-corrected chi connectivity index (χ0v) is 15.8. The third-order valence-electron chi connectivity index (χ3n) is 4.23. The van der Waals surface area contributed by atoms with E-state index in [1.165, 1.54) is 44.5 Å². The number of likely N-dealkylation sites (tertiary alicyclic amines) is 1. The molecule has 1 aliphatic rings. The van der Waals surface area contributed by atoms with Crippen LogP contribution in [0.25, 0.3) is 0 Å². The first kappa shape index (κ1) is 19.6. The molecule has 0 aromatic heterocycles. The number of rotatable bonds is 10. The van der Waals surface area contributed by atoms with Gasteiger partial charge in [0.25, 0.3) is 0 Å². The second kappa shape index (κ2) is 12.1. The molecule has 0 amide bonds. The third-order valence-corrected chi connectivity index (χ3v) is 4.92. The molecule has 1 fully saturated rings. The van der Waals surface area contributed by atoms with Crippen molar-refractivity contribution in [2.24, 2.45) is 10.9 Å². The maximum Gasteiger partial charge on any atom is 0.191 e. The molecule has 1 saturated heterocycles.